The number of aliphatic hydroxyl groups is 2. The van der Waals surface area contributed by atoms with Crippen LogP contribution in [0.1, 0.15) is 13.3 Å². The first-order valence-electron chi connectivity index (χ1n) is 4.08. The normalized spacial score (nSPS) is 27.9. The van der Waals surface area contributed by atoms with Crippen LogP contribution in [0.3, 0.4) is 0 Å². The molecule has 72 valence electrons. The minimum atomic E-state index is -1.31. The van der Waals surface area contributed by atoms with Gasteiger partial charge in [0.05, 0.1) is 5.57 Å². The van der Waals surface area contributed by atoms with Crippen LogP contribution in [0.5, 0.6) is 0 Å². The molecular formula is C9H12O4. The number of carboxylic acid groups (broad SMARTS) is 1. The van der Waals surface area contributed by atoms with Gasteiger partial charge < -0.3 is 15.3 Å². The van der Waals surface area contributed by atoms with Crippen LogP contribution in [0.25, 0.3) is 0 Å². The third-order valence-electron chi connectivity index (χ3n) is 2.13. The lowest BCUT2D eigenvalue weighted by Gasteiger charge is -2.23. The summed E-state index contributed by atoms with van der Waals surface area (Å²) in [5, 5.41) is 27.4. The van der Waals surface area contributed by atoms with E-state index in [4.69, 9.17) is 5.11 Å². The maximum Gasteiger partial charge on any atom is 0.334 e. The summed E-state index contributed by atoms with van der Waals surface area (Å²) in [5.41, 5.74) is 0.488. The van der Waals surface area contributed by atoms with E-state index in [1.165, 1.54) is 6.08 Å². The van der Waals surface area contributed by atoms with Gasteiger partial charge in [0.1, 0.15) is 12.2 Å². The van der Waals surface area contributed by atoms with Crippen molar-refractivity contribution in [2.24, 2.45) is 0 Å². The molecule has 0 saturated carbocycles. The van der Waals surface area contributed by atoms with Gasteiger partial charge in [0.15, 0.2) is 0 Å². The lowest BCUT2D eigenvalue weighted by atomic mass is 9.91. The molecule has 4 heteroatoms. The van der Waals surface area contributed by atoms with Gasteiger partial charge in [-0.2, -0.15) is 0 Å². The van der Waals surface area contributed by atoms with E-state index in [-0.39, 0.29) is 5.57 Å². The molecule has 0 radical (unpaired) electrons. The molecule has 0 fully saturated rings. The average Bonchev–Trinajstić information content (AvgIpc) is 2.09. The predicted molar refractivity (Wildman–Crippen MR) is 46.1 cm³/mol. The number of rotatable bonds is 2. The van der Waals surface area contributed by atoms with Crippen LogP contribution < -0.4 is 0 Å². The van der Waals surface area contributed by atoms with Crippen molar-refractivity contribution in [3.63, 3.8) is 0 Å². The second kappa shape index (κ2) is 3.72. The van der Waals surface area contributed by atoms with Crippen LogP contribution in [-0.4, -0.2) is 33.5 Å². The highest BCUT2D eigenvalue weighted by molar-refractivity contribution is 5.88. The molecular weight excluding hydrogens is 172 g/mol. The molecule has 0 saturated heterocycles. The summed E-state index contributed by atoms with van der Waals surface area (Å²) in [5.74, 6) is -1.20. The Morgan fingerprint density at radius 3 is 2.46 bits per heavy atom. The molecule has 1 rings (SSSR count). The number of hydrogen-bond acceptors (Lipinski definition) is 3. The minimum Gasteiger partial charge on any atom is -0.478 e. The summed E-state index contributed by atoms with van der Waals surface area (Å²) >= 11 is 0. The molecule has 0 aromatic heterocycles. The minimum absolute atomic E-state index is 0.162. The Morgan fingerprint density at radius 2 is 2.00 bits per heavy atom. The van der Waals surface area contributed by atoms with E-state index >= 15 is 0 Å². The Balaban J connectivity index is 2.97. The largest absolute Gasteiger partial charge is 0.478 e. The summed E-state index contributed by atoms with van der Waals surface area (Å²) in [6, 6.07) is 0. The summed E-state index contributed by atoms with van der Waals surface area (Å²) in [4.78, 5) is 10.5. The summed E-state index contributed by atoms with van der Waals surface area (Å²) in [7, 11) is 0. The summed E-state index contributed by atoms with van der Waals surface area (Å²) < 4.78 is 0. The Hall–Kier alpha value is -1.13. The smallest absolute Gasteiger partial charge is 0.334 e. The van der Waals surface area contributed by atoms with Crippen LogP contribution >= 0.6 is 0 Å². The molecule has 0 heterocycles. The van der Waals surface area contributed by atoms with Crippen molar-refractivity contribution in [2.75, 3.05) is 0 Å². The topological polar surface area (TPSA) is 77.8 Å². The SMILES string of the molecule is CCC1=CC=C(C(=O)O)[C@H](O)[C@@H]1O. The second-order valence-corrected chi connectivity index (χ2v) is 2.91. The van der Waals surface area contributed by atoms with Gasteiger partial charge >= 0.3 is 5.97 Å². The number of carbonyl (C=O) groups is 1. The molecule has 1 aliphatic carbocycles. The molecule has 0 aromatic carbocycles. The number of aliphatic hydroxyl groups excluding tert-OH is 2. The Bertz CT molecular complexity index is 277. The van der Waals surface area contributed by atoms with E-state index in [0.717, 1.165) is 0 Å². The van der Waals surface area contributed by atoms with Crippen molar-refractivity contribution in [2.45, 2.75) is 25.6 Å². The molecule has 0 amide bonds. The molecule has 0 bridgehead atoms. The van der Waals surface area contributed by atoms with Gasteiger partial charge in [-0.3, -0.25) is 0 Å². The van der Waals surface area contributed by atoms with Crippen molar-refractivity contribution in [3.05, 3.63) is 23.3 Å². The standard InChI is InChI=1S/C9H12O4/c1-2-5-3-4-6(9(12)13)8(11)7(5)10/h3-4,7-8,10-11H,2H2,1H3,(H,12,13)/t7-,8+/m1/s1. The molecule has 2 atom stereocenters. The van der Waals surface area contributed by atoms with Crippen molar-refractivity contribution < 1.29 is 20.1 Å². The van der Waals surface area contributed by atoms with Crippen LogP contribution in [0, 0.1) is 0 Å². The number of aliphatic carboxylic acids is 1. The first-order valence-corrected chi connectivity index (χ1v) is 4.08. The van der Waals surface area contributed by atoms with Crippen molar-refractivity contribution >= 4 is 5.97 Å². The van der Waals surface area contributed by atoms with E-state index in [9.17, 15) is 15.0 Å². The van der Waals surface area contributed by atoms with E-state index < -0.39 is 18.2 Å². The number of hydrogen-bond donors (Lipinski definition) is 3. The maximum absolute atomic E-state index is 10.5. The number of allylic oxidation sites excluding steroid dienone is 2. The van der Waals surface area contributed by atoms with Gasteiger partial charge in [-0.15, -0.1) is 0 Å². The monoisotopic (exact) mass is 184 g/mol. The highest BCUT2D eigenvalue weighted by atomic mass is 16.4. The predicted octanol–water partition coefficient (Wildman–Crippen LogP) is 0.0692. The molecule has 4 nitrogen and oxygen atoms in total. The van der Waals surface area contributed by atoms with Gasteiger partial charge in [0.25, 0.3) is 0 Å². The highest BCUT2D eigenvalue weighted by Gasteiger charge is 2.29. The molecule has 0 aliphatic heterocycles. The van der Waals surface area contributed by atoms with Gasteiger partial charge in [-0.25, -0.2) is 4.79 Å². The van der Waals surface area contributed by atoms with Crippen molar-refractivity contribution in [1.82, 2.24) is 0 Å². The first kappa shape index (κ1) is 9.95. The van der Waals surface area contributed by atoms with Crippen LogP contribution in [-0.2, 0) is 4.79 Å². The van der Waals surface area contributed by atoms with Crippen molar-refractivity contribution in [3.8, 4) is 0 Å². The molecule has 0 spiro atoms. The molecule has 1 aliphatic rings. The van der Waals surface area contributed by atoms with Gasteiger partial charge in [-0.1, -0.05) is 13.0 Å². The van der Waals surface area contributed by atoms with Gasteiger partial charge in [0, 0.05) is 0 Å². The quantitative estimate of drug-likeness (QED) is 0.567. The Morgan fingerprint density at radius 1 is 1.38 bits per heavy atom. The Kier molecular flexibility index (Phi) is 2.85. The van der Waals surface area contributed by atoms with E-state index in [2.05, 4.69) is 0 Å². The zero-order valence-electron chi connectivity index (χ0n) is 7.27. The first-order chi connectivity index (χ1) is 6.07. The second-order valence-electron chi connectivity index (χ2n) is 2.91. The van der Waals surface area contributed by atoms with E-state index in [1.807, 2.05) is 6.92 Å². The summed E-state index contributed by atoms with van der Waals surface area (Å²) in [6.45, 7) is 1.83. The fraction of sp³-hybridized carbons (Fsp3) is 0.444. The van der Waals surface area contributed by atoms with Crippen molar-refractivity contribution in [1.29, 1.82) is 0 Å². The zero-order valence-corrected chi connectivity index (χ0v) is 7.27. The molecule has 13 heavy (non-hydrogen) atoms. The number of carboxylic acids is 1. The third kappa shape index (κ3) is 1.79. The average molecular weight is 184 g/mol. The zero-order chi connectivity index (χ0) is 10.0. The van der Waals surface area contributed by atoms with Gasteiger partial charge in [-0.05, 0) is 18.1 Å². The third-order valence-corrected chi connectivity index (χ3v) is 2.13. The molecule has 3 N–H and O–H groups in total. The van der Waals surface area contributed by atoms with Gasteiger partial charge in [0.2, 0.25) is 0 Å². The van der Waals surface area contributed by atoms with Crippen LogP contribution in [0.2, 0.25) is 0 Å². The summed E-state index contributed by atoms with van der Waals surface area (Å²) in [6.07, 6.45) is 1.08. The fourth-order valence-electron chi connectivity index (χ4n) is 1.29. The Labute approximate surface area is 75.8 Å². The lowest BCUT2D eigenvalue weighted by Crippen LogP contribution is -2.34. The van der Waals surface area contributed by atoms with E-state index in [1.54, 1.807) is 6.08 Å². The lowest BCUT2D eigenvalue weighted by molar-refractivity contribution is -0.134. The molecule has 0 unspecified atom stereocenters. The van der Waals surface area contributed by atoms with Crippen LogP contribution in [0.15, 0.2) is 23.3 Å². The maximum atomic E-state index is 10.5. The fourth-order valence-corrected chi connectivity index (χ4v) is 1.29. The highest BCUT2D eigenvalue weighted by Crippen LogP contribution is 2.21. The van der Waals surface area contributed by atoms with Crippen LogP contribution in [0.4, 0.5) is 0 Å². The molecule has 0 aromatic rings. The van der Waals surface area contributed by atoms with E-state index in [0.29, 0.717) is 12.0 Å².